The van der Waals surface area contributed by atoms with E-state index in [9.17, 15) is 13.2 Å². The number of carbonyl (C=O) groups is 1. The third kappa shape index (κ3) is 5.65. The molecule has 0 unspecified atom stereocenters. The van der Waals surface area contributed by atoms with Crippen LogP contribution < -0.4 is 5.32 Å². The third-order valence-electron chi connectivity index (χ3n) is 4.37. The molecule has 0 fully saturated rings. The van der Waals surface area contributed by atoms with Gasteiger partial charge in [0.05, 0.1) is 10.6 Å². The van der Waals surface area contributed by atoms with Crippen LogP contribution in [0.3, 0.4) is 0 Å². The summed E-state index contributed by atoms with van der Waals surface area (Å²) in [6.45, 7) is 2.40. The number of aromatic nitrogens is 2. The molecule has 0 spiro atoms. The van der Waals surface area contributed by atoms with Gasteiger partial charge < -0.3 is 9.84 Å². The molecule has 3 aromatic rings. The number of nitrogens with one attached hydrogen (secondary N) is 1. The zero-order valence-electron chi connectivity index (χ0n) is 15.7. The van der Waals surface area contributed by atoms with Gasteiger partial charge in [0, 0.05) is 18.0 Å². The quantitative estimate of drug-likeness (QED) is 0.584. The van der Waals surface area contributed by atoms with Crippen molar-refractivity contribution in [2.24, 2.45) is 0 Å². The van der Waals surface area contributed by atoms with Crippen LogP contribution in [-0.4, -0.2) is 36.8 Å². The van der Waals surface area contributed by atoms with E-state index in [1.807, 2.05) is 37.3 Å². The molecular formula is C20H20ClN3O4S. The summed E-state index contributed by atoms with van der Waals surface area (Å²) >= 11 is 5.78. The van der Waals surface area contributed by atoms with Crippen molar-refractivity contribution >= 4 is 27.3 Å². The summed E-state index contributed by atoms with van der Waals surface area (Å²) in [6.07, 6.45) is 0.0299. The maximum Gasteiger partial charge on any atom is 0.315 e. The molecule has 1 atom stereocenters. The van der Waals surface area contributed by atoms with E-state index in [0.717, 1.165) is 5.56 Å². The number of nitrogens with zero attached hydrogens (tertiary/aromatic N) is 2. The van der Waals surface area contributed by atoms with Gasteiger partial charge in [-0.1, -0.05) is 54.0 Å². The highest BCUT2D eigenvalue weighted by molar-refractivity contribution is 7.91. The van der Waals surface area contributed by atoms with E-state index in [0.29, 0.717) is 11.6 Å². The zero-order chi connectivity index (χ0) is 20.9. The van der Waals surface area contributed by atoms with Crippen molar-refractivity contribution in [1.29, 1.82) is 0 Å². The molecule has 0 bridgehead atoms. The van der Waals surface area contributed by atoms with E-state index >= 15 is 0 Å². The summed E-state index contributed by atoms with van der Waals surface area (Å²) in [5.41, 5.74) is 1.10. The molecule has 0 aliphatic rings. The number of aryl methyl sites for hydroxylation is 1. The van der Waals surface area contributed by atoms with E-state index in [2.05, 4.69) is 15.5 Å². The van der Waals surface area contributed by atoms with E-state index in [4.69, 9.17) is 16.1 Å². The minimum atomic E-state index is -3.52. The highest BCUT2D eigenvalue weighted by Gasteiger charge is 2.19. The molecule has 1 heterocycles. The van der Waals surface area contributed by atoms with Crippen molar-refractivity contribution in [3.8, 4) is 0 Å². The van der Waals surface area contributed by atoms with Gasteiger partial charge in [-0.3, -0.25) is 4.79 Å². The lowest BCUT2D eigenvalue weighted by atomic mass is 10.0. The summed E-state index contributed by atoms with van der Waals surface area (Å²) in [7, 11) is -3.52. The number of rotatable bonds is 8. The van der Waals surface area contributed by atoms with Gasteiger partial charge in [-0.25, -0.2) is 8.42 Å². The van der Waals surface area contributed by atoms with Gasteiger partial charge in [-0.15, -0.1) is 0 Å². The second-order valence-corrected chi connectivity index (χ2v) is 9.11. The minimum Gasteiger partial charge on any atom is -0.347 e. The normalized spacial score (nSPS) is 12.5. The largest absolute Gasteiger partial charge is 0.347 e. The van der Waals surface area contributed by atoms with Gasteiger partial charge in [-0.2, -0.15) is 4.98 Å². The van der Waals surface area contributed by atoms with E-state index < -0.39 is 15.7 Å². The lowest BCUT2D eigenvalue weighted by Gasteiger charge is -2.11. The summed E-state index contributed by atoms with van der Waals surface area (Å²) in [5.74, 6) is -0.618. The number of carbonyl (C=O) groups excluding carboxylic acids is 1. The van der Waals surface area contributed by atoms with Gasteiger partial charge >= 0.3 is 11.8 Å². The molecule has 0 saturated heterocycles. The first-order valence-corrected chi connectivity index (χ1v) is 11.0. The minimum absolute atomic E-state index is 0.0299. The molecule has 0 saturated carbocycles. The fourth-order valence-corrected chi connectivity index (χ4v) is 4.02. The van der Waals surface area contributed by atoms with E-state index in [1.54, 1.807) is 0 Å². The molecule has 3 rings (SSSR count). The fraction of sp³-hybridized carbons (Fsp3) is 0.250. The van der Waals surface area contributed by atoms with Crippen LogP contribution in [0.1, 0.15) is 34.9 Å². The number of benzene rings is 2. The summed E-state index contributed by atoms with van der Waals surface area (Å²) in [6, 6.07) is 15.7. The van der Waals surface area contributed by atoms with Crippen LogP contribution in [0.4, 0.5) is 0 Å². The SMILES string of the molecule is C[C@H](CNC(=O)c1nc(CCS(=O)(=O)c2ccc(Cl)cc2)no1)c1ccccc1. The van der Waals surface area contributed by atoms with Crippen LogP contribution in [0.15, 0.2) is 64.0 Å². The topological polar surface area (TPSA) is 102 Å². The molecule has 7 nitrogen and oxygen atoms in total. The van der Waals surface area contributed by atoms with Crippen LogP contribution in [0.2, 0.25) is 5.02 Å². The molecule has 152 valence electrons. The van der Waals surface area contributed by atoms with Crippen molar-refractivity contribution in [2.45, 2.75) is 24.2 Å². The number of hydrogen-bond acceptors (Lipinski definition) is 6. The zero-order valence-corrected chi connectivity index (χ0v) is 17.3. The Morgan fingerprint density at radius 1 is 1.14 bits per heavy atom. The molecule has 0 radical (unpaired) electrons. The fourth-order valence-electron chi connectivity index (χ4n) is 2.65. The first-order chi connectivity index (χ1) is 13.8. The second-order valence-electron chi connectivity index (χ2n) is 6.56. The van der Waals surface area contributed by atoms with E-state index in [1.165, 1.54) is 24.3 Å². The average Bonchev–Trinajstić information content (AvgIpc) is 3.20. The molecule has 1 N–H and O–H groups in total. The molecule has 0 aliphatic carbocycles. The Morgan fingerprint density at radius 2 is 1.83 bits per heavy atom. The Bertz CT molecular complexity index is 1070. The Balaban J connectivity index is 1.54. The standard InChI is InChI=1S/C20H20ClN3O4S/c1-14(15-5-3-2-4-6-15)13-22-19(25)20-23-18(24-28-20)11-12-29(26,27)17-9-7-16(21)8-10-17/h2-10,14H,11-13H2,1H3,(H,22,25)/t14-/m1/s1. The number of amides is 1. The maximum absolute atomic E-state index is 12.4. The van der Waals surface area contributed by atoms with Crippen molar-refractivity contribution < 1.29 is 17.7 Å². The highest BCUT2D eigenvalue weighted by Crippen LogP contribution is 2.16. The monoisotopic (exact) mass is 433 g/mol. The van der Waals surface area contributed by atoms with Crippen LogP contribution in [0, 0.1) is 0 Å². The predicted octanol–water partition coefficient (Wildman–Crippen LogP) is 3.27. The van der Waals surface area contributed by atoms with Gasteiger partial charge in [0.15, 0.2) is 15.7 Å². The van der Waals surface area contributed by atoms with Crippen LogP contribution >= 0.6 is 11.6 Å². The van der Waals surface area contributed by atoms with Crippen molar-refractivity contribution in [3.05, 3.63) is 76.9 Å². The van der Waals surface area contributed by atoms with Gasteiger partial charge in [0.25, 0.3) is 0 Å². The van der Waals surface area contributed by atoms with Crippen LogP contribution in [0.25, 0.3) is 0 Å². The van der Waals surface area contributed by atoms with Crippen LogP contribution in [-0.2, 0) is 16.3 Å². The van der Waals surface area contributed by atoms with E-state index in [-0.39, 0.29) is 34.7 Å². The summed E-state index contributed by atoms with van der Waals surface area (Å²) in [5, 5.41) is 6.91. The van der Waals surface area contributed by atoms with Crippen molar-refractivity contribution in [2.75, 3.05) is 12.3 Å². The highest BCUT2D eigenvalue weighted by atomic mass is 35.5. The molecular weight excluding hydrogens is 414 g/mol. The molecule has 9 heteroatoms. The van der Waals surface area contributed by atoms with Crippen LogP contribution in [0.5, 0.6) is 0 Å². The molecule has 1 amide bonds. The molecule has 29 heavy (non-hydrogen) atoms. The number of hydrogen-bond donors (Lipinski definition) is 1. The van der Waals surface area contributed by atoms with Gasteiger partial charge in [0.1, 0.15) is 0 Å². The summed E-state index contributed by atoms with van der Waals surface area (Å²) in [4.78, 5) is 16.4. The lowest BCUT2D eigenvalue weighted by molar-refractivity contribution is 0.0907. The first kappa shape index (κ1) is 21.0. The average molecular weight is 434 g/mol. The molecule has 1 aromatic heterocycles. The Hall–Kier alpha value is -2.71. The third-order valence-corrected chi connectivity index (χ3v) is 6.35. The van der Waals surface area contributed by atoms with Crippen molar-refractivity contribution in [3.63, 3.8) is 0 Å². The molecule has 2 aromatic carbocycles. The van der Waals surface area contributed by atoms with Gasteiger partial charge in [-0.05, 0) is 35.7 Å². The predicted molar refractivity (Wildman–Crippen MR) is 109 cm³/mol. The molecule has 0 aliphatic heterocycles. The Kier molecular flexibility index (Phi) is 6.66. The van der Waals surface area contributed by atoms with Crippen molar-refractivity contribution in [1.82, 2.24) is 15.5 Å². The number of sulfone groups is 1. The Labute approximate surface area is 174 Å². The lowest BCUT2D eigenvalue weighted by Crippen LogP contribution is -2.27. The summed E-state index contributed by atoms with van der Waals surface area (Å²) < 4.78 is 29.7. The maximum atomic E-state index is 12.4. The second kappa shape index (κ2) is 9.19. The smallest absolute Gasteiger partial charge is 0.315 e. The number of halogens is 1. The first-order valence-electron chi connectivity index (χ1n) is 8.99. The Morgan fingerprint density at radius 3 is 2.52 bits per heavy atom. The van der Waals surface area contributed by atoms with Gasteiger partial charge in [0.2, 0.25) is 0 Å².